The summed E-state index contributed by atoms with van der Waals surface area (Å²) in [6.45, 7) is 3.61. The van der Waals surface area contributed by atoms with Gasteiger partial charge >= 0.3 is 11.9 Å². The van der Waals surface area contributed by atoms with Crippen molar-refractivity contribution in [1.29, 1.82) is 0 Å². The maximum atomic E-state index is 12.9. The molecule has 2 atom stereocenters. The lowest BCUT2D eigenvalue weighted by atomic mass is 9.81. The van der Waals surface area contributed by atoms with E-state index in [2.05, 4.69) is 0 Å². The Morgan fingerprint density at radius 1 is 0.750 bits per heavy atom. The van der Waals surface area contributed by atoms with Crippen LogP contribution in [0.1, 0.15) is 36.8 Å². The lowest BCUT2D eigenvalue weighted by Crippen LogP contribution is -2.30. The number of benzene rings is 2. The van der Waals surface area contributed by atoms with E-state index < -0.39 is 23.8 Å². The second-order valence-electron chi connectivity index (χ2n) is 5.79. The van der Waals surface area contributed by atoms with Gasteiger partial charge in [0.15, 0.2) is 0 Å². The van der Waals surface area contributed by atoms with Crippen molar-refractivity contribution in [2.75, 3.05) is 13.2 Å². The number of rotatable bonds is 7. The maximum Gasteiger partial charge on any atom is 0.314 e. The van der Waals surface area contributed by atoms with E-state index in [1.165, 1.54) is 12.1 Å². The van der Waals surface area contributed by atoms with Crippen LogP contribution in [0.4, 0.5) is 0 Å². The van der Waals surface area contributed by atoms with Gasteiger partial charge in [0.25, 0.3) is 0 Å². The molecule has 0 saturated heterocycles. The molecule has 2 aromatic carbocycles. The SMILES string of the molecule is CCOC(=O)[C@H](c1ccc(Cl)cc1Cl)[C@@H](C(=O)OCC)c1ccc(Cl)cc1Cl. The minimum absolute atomic E-state index is 0.129. The topological polar surface area (TPSA) is 52.6 Å². The molecule has 0 spiro atoms. The zero-order chi connectivity index (χ0) is 20.8. The molecule has 0 aliphatic carbocycles. The predicted octanol–water partition coefficient (Wildman–Crippen LogP) is 6.29. The Morgan fingerprint density at radius 2 is 1.11 bits per heavy atom. The first-order valence-electron chi connectivity index (χ1n) is 8.53. The van der Waals surface area contributed by atoms with Gasteiger partial charge in [-0.25, -0.2) is 0 Å². The fraction of sp³-hybridized carbons (Fsp3) is 0.300. The van der Waals surface area contributed by atoms with Gasteiger partial charge in [0, 0.05) is 20.1 Å². The summed E-state index contributed by atoms with van der Waals surface area (Å²) < 4.78 is 10.5. The monoisotopic (exact) mass is 462 g/mol. The number of carbonyl (C=O) groups excluding carboxylic acids is 2. The molecule has 2 aromatic rings. The average Bonchev–Trinajstić information content (AvgIpc) is 2.61. The average molecular weight is 464 g/mol. The van der Waals surface area contributed by atoms with E-state index in [9.17, 15) is 9.59 Å². The van der Waals surface area contributed by atoms with Crippen molar-refractivity contribution in [2.45, 2.75) is 25.7 Å². The largest absolute Gasteiger partial charge is 0.465 e. The molecule has 0 unspecified atom stereocenters. The molecule has 0 aliphatic heterocycles. The smallest absolute Gasteiger partial charge is 0.314 e. The Balaban J connectivity index is 2.70. The van der Waals surface area contributed by atoms with Gasteiger partial charge < -0.3 is 9.47 Å². The zero-order valence-electron chi connectivity index (χ0n) is 15.2. The lowest BCUT2D eigenvalue weighted by molar-refractivity contribution is -0.153. The number of esters is 2. The Kier molecular flexibility index (Phi) is 8.44. The van der Waals surface area contributed by atoms with E-state index in [0.717, 1.165) is 0 Å². The third-order valence-corrected chi connectivity index (χ3v) is 5.13. The van der Waals surface area contributed by atoms with Crippen LogP contribution in [0.15, 0.2) is 36.4 Å². The van der Waals surface area contributed by atoms with Gasteiger partial charge in [-0.05, 0) is 49.2 Å². The number of hydrogen-bond acceptors (Lipinski definition) is 4. The molecule has 0 radical (unpaired) electrons. The highest BCUT2D eigenvalue weighted by molar-refractivity contribution is 6.36. The molecule has 0 N–H and O–H groups in total. The Hall–Kier alpha value is -1.46. The van der Waals surface area contributed by atoms with Crippen LogP contribution in [0.3, 0.4) is 0 Å². The van der Waals surface area contributed by atoms with E-state index >= 15 is 0 Å². The molecule has 0 bridgehead atoms. The third-order valence-electron chi connectivity index (χ3n) is 4.01. The second kappa shape index (κ2) is 10.4. The summed E-state index contributed by atoms with van der Waals surface area (Å²) in [5.41, 5.74) is 0.766. The van der Waals surface area contributed by atoms with Crippen molar-refractivity contribution in [3.63, 3.8) is 0 Å². The van der Waals surface area contributed by atoms with E-state index in [1.807, 2.05) is 0 Å². The first-order chi connectivity index (χ1) is 13.3. The van der Waals surface area contributed by atoms with E-state index in [-0.39, 0.29) is 23.3 Å². The predicted molar refractivity (Wildman–Crippen MR) is 112 cm³/mol. The normalized spacial score (nSPS) is 12.9. The van der Waals surface area contributed by atoms with Crippen LogP contribution in [-0.4, -0.2) is 25.2 Å². The van der Waals surface area contributed by atoms with Gasteiger partial charge in [-0.1, -0.05) is 58.5 Å². The summed E-state index contributed by atoms with van der Waals surface area (Å²) in [4.78, 5) is 25.8. The highest BCUT2D eigenvalue weighted by Gasteiger charge is 2.40. The molecule has 2 rings (SSSR count). The van der Waals surface area contributed by atoms with Crippen LogP contribution in [0.25, 0.3) is 0 Å². The van der Waals surface area contributed by atoms with Crippen LogP contribution in [0.5, 0.6) is 0 Å². The molecule has 8 heteroatoms. The molecule has 4 nitrogen and oxygen atoms in total. The first-order valence-corrected chi connectivity index (χ1v) is 10.0. The molecular formula is C20H18Cl4O4. The summed E-state index contributed by atoms with van der Waals surface area (Å²) in [5.74, 6) is -3.42. The number of hydrogen-bond donors (Lipinski definition) is 0. The van der Waals surface area contributed by atoms with Crippen molar-refractivity contribution >= 4 is 58.3 Å². The third kappa shape index (κ3) is 5.32. The lowest BCUT2D eigenvalue weighted by Gasteiger charge is -2.26. The van der Waals surface area contributed by atoms with Crippen LogP contribution >= 0.6 is 46.4 Å². The molecule has 0 aromatic heterocycles. The molecule has 28 heavy (non-hydrogen) atoms. The molecule has 0 saturated carbocycles. The van der Waals surface area contributed by atoms with Crippen molar-refractivity contribution in [3.05, 3.63) is 67.6 Å². The zero-order valence-corrected chi connectivity index (χ0v) is 18.2. The number of carbonyl (C=O) groups is 2. The molecular weight excluding hydrogens is 446 g/mol. The van der Waals surface area contributed by atoms with Crippen LogP contribution in [0.2, 0.25) is 20.1 Å². The molecule has 0 aliphatic rings. The van der Waals surface area contributed by atoms with E-state index in [1.54, 1.807) is 38.1 Å². The second-order valence-corrected chi connectivity index (χ2v) is 7.48. The summed E-state index contributed by atoms with van der Waals surface area (Å²) in [7, 11) is 0. The molecule has 150 valence electrons. The molecule has 0 fully saturated rings. The molecule has 0 heterocycles. The first kappa shape index (κ1) is 22.8. The van der Waals surface area contributed by atoms with Crippen LogP contribution < -0.4 is 0 Å². The highest BCUT2D eigenvalue weighted by atomic mass is 35.5. The fourth-order valence-corrected chi connectivity index (χ4v) is 3.91. The summed E-state index contributed by atoms with van der Waals surface area (Å²) in [6, 6.07) is 9.33. The molecule has 0 amide bonds. The van der Waals surface area contributed by atoms with Gasteiger partial charge in [-0.15, -0.1) is 0 Å². The van der Waals surface area contributed by atoms with Gasteiger partial charge in [0.05, 0.1) is 13.2 Å². The van der Waals surface area contributed by atoms with Gasteiger partial charge in [-0.3, -0.25) is 9.59 Å². The van der Waals surface area contributed by atoms with Crippen molar-refractivity contribution in [3.8, 4) is 0 Å². The van der Waals surface area contributed by atoms with Gasteiger partial charge in [0.2, 0.25) is 0 Å². The quantitative estimate of drug-likeness (QED) is 0.452. The van der Waals surface area contributed by atoms with Gasteiger partial charge in [-0.2, -0.15) is 0 Å². The number of ether oxygens (including phenoxy) is 2. The number of halogens is 4. The Morgan fingerprint density at radius 3 is 1.39 bits per heavy atom. The maximum absolute atomic E-state index is 12.9. The Bertz CT molecular complexity index is 798. The minimum Gasteiger partial charge on any atom is -0.465 e. The fourth-order valence-electron chi connectivity index (χ4n) is 2.86. The summed E-state index contributed by atoms with van der Waals surface area (Å²) in [6.07, 6.45) is 0. The van der Waals surface area contributed by atoms with E-state index in [0.29, 0.717) is 21.2 Å². The minimum atomic E-state index is -1.08. The van der Waals surface area contributed by atoms with E-state index in [4.69, 9.17) is 55.9 Å². The van der Waals surface area contributed by atoms with Crippen molar-refractivity contribution in [1.82, 2.24) is 0 Å². The van der Waals surface area contributed by atoms with Crippen molar-refractivity contribution in [2.24, 2.45) is 0 Å². The van der Waals surface area contributed by atoms with Crippen molar-refractivity contribution < 1.29 is 19.1 Å². The standard InChI is InChI=1S/C20H18Cl4O4/c1-3-27-19(25)17(13-7-5-11(21)9-15(13)23)18(20(26)28-4-2)14-8-6-12(22)10-16(14)24/h5-10,17-18H,3-4H2,1-2H3/t17-,18+. The summed E-state index contributed by atoms with van der Waals surface area (Å²) in [5, 5.41) is 1.25. The van der Waals surface area contributed by atoms with Crippen LogP contribution in [0, 0.1) is 0 Å². The highest BCUT2D eigenvalue weighted by Crippen LogP contribution is 2.42. The van der Waals surface area contributed by atoms with Crippen LogP contribution in [-0.2, 0) is 19.1 Å². The van der Waals surface area contributed by atoms with Gasteiger partial charge in [0.1, 0.15) is 11.8 Å². The Labute approximate surface area is 183 Å². The summed E-state index contributed by atoms with van der Waals surface area (Å²) >= 11 is 24.7.